The number of benzene rings is 2. The van der Waals surface area contributed by atoms with E-state index in [-0.39, 0.29) is 12.1 Å². The molecule has 0 aromatic heterocycles. The fourth-order valence-electron chi connectivity index (χ4n) is 4.68. The normalized spacial score (nSPS) is 14.9. The van der Waals surface area contributed by atoms with Crippen LogP contribution in [0.5, 0.6) is 5.75 Å². The number of rotatable bonds is 12. The summed E-state index contributed by atoms with van der Waals surface area (Å²) >= 11 is 0. The van der Waals surface area contributed by atoms with E-state index in [1.54, 1.807) is 39.0 Å². The highest BCUT2D eigenvalue weighted by Gasteiger charge is 2.33. The highest BCUT2D eigenvalue weighted by atomic mass is 16.5. The lowest BCUT2D eigenvalue weighted by atomic mass is 9.98. The molecule has 10 nitrogen and oxygen atoms in total. The van der Waals surface area contributed by atoms with Gasteiger partial charge < -0.3 is 25.6 Å². The third kappa shape index (κ3) is 9.40. The van der Waals surface area contributed by atoms with E-state index in [0.717, 1.165) is 17.5 Å². The minimum Gasteiger partial charge on any atom is -0.496 e. The number of fused-ring (bicyclic) bond motifs is 1. The Morgan fingerprint density at radius 3 is 2.27 bits per heavy atom. The van der Waals surface area contributed by atoms with Gasteiger partial charge in [0.05, 0.1) is 26.1 Å². The second-order valence-corrected chi connectivity index (χ2v) is 10.2. The molecule has 0 radical (unpaired) electrons. The van der Waals surface area contributed by atoms with E-state index in [4.69, 9.17) is 4.74 Å². The molecule has 0 aliphatic carbocycles. The van der Waals surface area contributed by atoms with Crippen LogP contribution in [-0.4, -0.2) is 71.0 Å². The van der Waals surface area contributed by atoms with Crippen molar-refractivity contribution in [1.82, 2.24) is 15.5 Å². The molecule has 2 aromatic carbocycles. The van der Waals surface area contributed by atoms with Gasteiger partial charge in [0.25, 0.3) is 5.91 Å². The maximum Gasteiger partial charge on any atom is 0.305 e. The van der Waals surface area contributed by atoms with E-state index >= 15 is 0 Å². The number of hydrogen-bond donors (Lipinski definition) is 4. The lowest BCUT2D eigenvalue weighted by Crippen LogP contribution is -2.55. The van der Waals surface area contributed by atoms with Gasteiger partial charge >= 0.3 is 5.97 Å². The fraction of sp³-hybridized carbons (Fsp3) is 0.484. The van der Waals surface area contributed by atoms with E-state index in [1.165, 1.54) is 12.7 Å². The molecule has 2 amide bonds. The first kappa shape index (κ1) is 33.4. The molecule has 1 heterocycles. The van der Waals surface area contributed by atoms with Crippen molar-refractivity contribution in [2.75, 3.05) is 20.2 Å². The van der Waals surface area contributed by atoms with Crippen LogP contribution >= 0.6 is 0 Å². The molecule has 1 aliphatic heterocycles. The maximum absolute atomic E-state index is 13.2. The van der Waals surface area contributed by atoms with Crippen LogP contribution in [0.2, 0.25) is 0 Å². The molecule has 3 rings (SSSR count). The number of Topliss-reactive ketones (excluding diaryl/α,β-unsaturated/α-hetero) is 1. The molecule has 1 aliphatic rings. The molecule has 4 N–H and O–H groups in total. The number of carboxylic acid groups (broad SMARTS) is 1. The average molecular weight is 570 g/mol. The zero-order valence-corrected chi connectivity index (χ0v) is 24.8. The van der Waals surface area contributed by atoms with Crippen LogP contribution in [0, 0.1) is 12.8 Å². The Labute approximate surface area is 242 Å². The number of amides is 2. The Morgan fingerprint density at radius 1 is 1.00 bits per heavy atom. The molecule has 0 saturated heterocycles. The summed E-state index contributed by atoms with van der Waals surface area (Å²) in [5.74, 6) is -3.28. The van der Waals surface area contributed by atoms with Gasteiger partial charge in [-0.2, -0.15) is 0 Å². The molecule has 10 heteroatoms. The van der Waals surface area contributed by atoms with Gasteiger partial charge in [0.1, 0.15) is 11.8 Å². The number of methoxy groups -OCH3 is 1. The van der Waals surface area contributed by atoms with Crippen LogP contribution in [0.15, 0.2) is 42.5 Å². The van der Waals surface area contributed by atoms with Crippen LogP contribution in [0.1, 0.15) is 62.5 Å². The van der Waals surface area contributed by atoms with Gasteiger partial charge in [0.15, 0.2) is 11.9 Å². The number of ether oxygens (including phenoxy) is 1. The summed E-state index contributed by atoms with van der Waals surface area (Å²) in [5, 5.41) is 25.2. The quantitative estimate of drug-likeness (QED) is 0.305. The summed E-state index contributed by atoms with van der Waals surface area (Å²) in [5.41, 5.74) is 3.39. The van der Waals surface area contributed by atoms with E-state index in [9.17, 15) is 29.4 Å². The second kappa shape index (κ2) is 15.9. The highest BCUT2D eigenvalue weighted by molar-refractivity contribution is 5.96. The second-order valence-electron chi connectivity index (χ2n) is 10.2. The standard InChI is InChI=1S/C29H37N3O7.C2H6/c1-17(2)26(31-29(38)27(36)21-13-18(3)9-10-24(21)39-4)28(37)30-22(14-25(34)35)23(33)16-32-12-11-19-7-5-6-8-20(19)15-32;1-2/h5-10,13,17,22,26-27,36H,11-12,14-16H2,1-4H3,(H,30,37)(H,31,38)(H,34,35);1-2H3. The van der Waals surface area contributed by atoms with Gasteiger partial charge in [-0.05, 0) is 42.5 Å². The van der Waals surface area contributed by atoms with Crippen molar-refractivity contribution in [3.63, 3.8) is 0 Å². The number of carboxylic acids is 1. The van der Waals surface area contributed by atoms with Crippen molar-refractivity contribution in [2.24, 2.45) is 5.92 Å². The Morgan fingerprint density at radius 2 is 1.66 bits per heavy atom. The monoisotopic (exact) mass is 569 g/mol. The lowest BCUT2D eigenvalue weighted by Gasteiger charge is -2.30. The van der Waals surface area contributed by atoms with E-state index in [0.29, 0.717) is 18.8 Å². The molecule has 0 spiro atoms. The first-order chi connectivity index (χ1) is 19.5. The predicted octanol–water partition coefficient (Wildman–Crippen LogP) is 2.79. The first-order valence-corrected chi connectivity index (χ1v) is 14.0. The van der Waals surface area contributed by atoms with E-state index in [1.807, 2.05) is 43.0 Å². The Balaban J connectivity index is 0.00000287. The topological polar surface area (TPSA) is 145 Å². The van der Waals surface area contributed by atoms with Crippen LogP contribution in [0.4, 0.5) is 0 Å². The fourth-order valence-corrected chi connectivity index (χ4v) is 4.68. The average Bonchev–Trinajstić information content (AvgIpc) is 2.95. The molecule has 2 aromatic rings. The number of nitrogens with zero attached hydrogens (tertiary/aromatic N) is 1. The number of aryl methyl sites for hydroxylation is 1. The molecule has 3 unspecified atom stereocenters. The smallest absolute Gasteiger partial charge is 0.305 e. The molecule has 0 saturated carbocycles. The molecule has 0 fully saturated rings. The van der Waals surface area contributed by atoms with Crippen molar-refractivity contribution < 1.29 is 34.1 Å². The number of hydrogen-bond acceptors (Lipinski definition) is 7. The van der Waals surface area contributed by atoms with Crippen LogP contribution < -0.4 is 15.4 Å². The van der Waals surface area contributed by atoms with Gasteiger partial charge in [0.2, 0.25) is 5.91 Å². The SMILES string of the molecule is CC.COc1ccc(C)cc1C(O)C(=O)NC(C(=O)NC(CC(=O)O)C(=O)CN1CCc2ccccc2C1)C(C)C. The summed E-state index contributed by atoms with van der Waals surface area (Å²) in [6.07, 6.45) is -1.42. The minimum absolute atomic E-state index is 0.0167. The minimum atomic E-state index is -1.60. The Bertz CT molecular complexity index is 1210. The van der Waals surface area contributed by atoms with Crippen molar-refractivity contribution in [1.29, 1.82) is 0 Å². The molecule has 41 heavy (non-hydrogen) atoms. The number of nitrogens with one attached hydrogen (secondary N) is 2. The van der Waals surface area contributed by atoms with Gasteiger partial charge in [-0.25, -0.2) is 0 Å². The van der Waals surface area contributed by atoms with Crippen LogP contribution in [-0.2, 0) is 32.1 Å². The molecular formula is C31H43N3O7. The number of aliphatic carboxylic acids is 1. The zero-order chi connectivity index (χ0) is 30.7. The third-order valence-electron chi connectivity index (χ3n) is 6.85. The number of ketones is 1. The predicted molar refractivity (Wildman–Crippen MR) is 155 cm³/mol. The van der Waals surface area contributed by atoms with E-state index in [2.05, 4.69) is 10.6 Å². The molecular weight excluding hydrogens is 526 g/mol. The van der Waals surface area contributed by atoms with Crippen molar-refractivity contribution in [3.8, 4) is 5.75 Å². The number of aliphatic hydroxyl groups is 1. The zero-order valence-electron chi connectivity index (χ0n) is 24.8. The van der Waals surface area contributed by atoms with Crippen LogP contribution in [0.3, 0.4) is 0 Å². The molecule has 0 bridgehead atoms. The molecule has 3 atom stereocenters. The number of aliphatic hydroxyl groups excluding tert-OH is 1. The maximum atomic E-state index is 13.2. The number of carbonyl (C=O) groups excluding carboxylic acids is 3. The van der Waals surface area contributed by atoms with E-state index < -0.39 is 54.1 Å². The Kier molecular flexibility index (Phi) is 13.0. The van der Waals surface area contributed by atoms with Crippen molar-refractivity contribution >= 4 is 23.6 Å². The Hall–Kier alpha value is -3.76. The largest absolute Gasteiger partial charge is 0.496 e. The summed E-state index contributed by atoms with van der Waals surface area (Å²) in [7, 11) is 1.42. The van der Waals surface area contributed by atoms with Crippen LogP contribution in [0.25, 0.3) is 0 Å². The van der Waals surface area contributed by atoms with Gasteiger partial charge in [-0.1, -0.05) is 63.6 Å². The summed E-state index contributed by atoms with van der Waals surface area (Å²) < 4.78 is 5.25. The first-order valence-electron chi connectivity index (χ1n) is 14.0. The van der Waals surface area contributed by atoms with Gasteiger partial charge in [0, 0.05) is 18.7 Å². The highest BCUT2D eigenvalue weighted by Crippen LogP contribution is 2.27. The summed E-state index contributed by atoms with van der Waals surface area (Å²) in [6.45, 7) is 10.4. The summed E-state index contributed by atoms with van der Waals surface area (Å²) in [6, 6.07) is 10.6. The number of carbonyl (C=O) groups is 4. The van der Waals surface area contributed by atoms with Gasteiger partial charge in [-0.3, -0.25) is 24.1 Å². The van der Waals surface area contributed by atoms with Gasteiger partial charge in [-0.15, -0.1) is 0 Å². The summed E-state index contributed by atoms with van der Waals surface area (Å²) in [4.78, 5) is 52.8. The van der Waals surface area contributed by atoms with Crippen molar-refractivity contribution in [2.45, 2.75) is 72.2 Å². The van der Waals surface area contributed by atoms with Crippen molar-refractivity contribution in [3.05, 3.63) is 64.7 Å². The lowest BCUT2D eigenvalue weighted by molar-refractivity contribution is -0.141. The third-order valence-corrected chi connectivity index (χ3v) is 6.85. The molecule has 224 valence electrons.